The first-order valence-electron chi connectivity index (χ1n) is 8.99. The molecule has 1 saturated heterocycles. The summed E-state index contributed by atoms with van der Waals surface area (Å²) in [7, 11) is 0. The zero-order valence-electron chi connectivity index (χ0n) is 15.8. The van der Waals surface area contributed by atoms with Gasteiger partial charge in [0.2, 0.25) is 11.0 Å². The fourth-order valence-electron chi connectivity index (χ4n) is 3.47. The third kappa shape index (κ3) is 4.98. The third-order valence-electron chi connectivity index (χ3n) is 4.57. The van der Waals surface area contributed by atoms with Crippen LogP contribution < -0.4 is 5.32 Å². The third-order valence-corrected chi connectivity index (χ3v) is 6.53. The van der Waals surface area contributed by atoms with Crippen LogP contribution in [-0.2, 0) is 4.79 Å². The molecule has 1 aromatic carbocycles. The molecule has 5 nitrogen and oxygen atoms in total. The van der Waals surface area contributed by atoms with E-state index in [0.29, 0.717) is 17.6 Å². The summed E-state index contributed by atoms with van der Waals surface area (Å²) in [4.78, 5) is 14.5. The van der Waals surface area contributed by atoms with Gasteiger partial charge in [-0.2, -0.15) is 0 Å². The van der Waals surface area contributed by atoms with Gasteiger partial charge in [-0.05, 0) is 43.7 Å². The van der Waals surface area contributed by atoms with E-state index in [2.05, 4.69) is 61.4 Å². The zero-order valence-corrected chi connectivity index (χ0v) is 17.4. The molecular formula is C19H26N4OS2. The van der Waals surface area contributed by atoms with Crippen molar-refractivity contribution in [2.45, 2.75) is 38.5 Å². The molecule has 26 heavy (non-hydrogen) atoms. The first kappa shape index (κ1) is 19.2. The summed E-state index contributed by atoms with van der Waals surface area (Å²) < 4.78 is 0.823. The second-order valence-corrected chi connectivity index (χ2v) is 9.55. The summed E-state index contributed by atoms with van der Waals surface area (Å²) in [6, 6.07) is 6.27. The molecule has 2 heterocycles. The van der Waals surface area contributed by atoms with Gasteiger partial charge in [-0.15, -0.1) is 10.2 Å². The summed E-state index contributed by atoms with van der Waals surface area (Å²) in [6.07, 6.45) is 1.21. The van der Waals surface area contributed by atoms with Crippen LogP contribution in [0.2, 0.25) is 0 Å². The van der Waals surface area contributed by atoms with Crippen molar-refractivity contribution in [2.24, 2.45) is 11.8 Å². The maximum atomic E-state index is 12.5. The van der Waals surface area contributed by atoms with E-state index in [0.717, 1.165) is 28.2 Å². The van der Waals surface area contributed by atoms with Crippen molar-refractivity contribution in [3.8, 4) is 0 Å². The molecule has 1 aromatic heterocycles. The van der Waals surface area contributed by atoms with Gasteiger partial charge in [0.25, 0.3) is 0 Å². The fourth-order valence-corrected chi connectivity index (χ4v) is 5.14. The number of likely N-dealkylation sites (tertiary alicyclic amines) is 1. The van der Waals surface area contributed by atoms with Crippen molar-refractivity contribution < 1.29 is 4.79 Å². The lowest BCUT2D eigenvalue weighted by Crippen LogP contribution is -2.43. The van der Waals surface area contributed by atoms with Crippen LogP contribution in [0.3, 0.4) is 0 Å². The Bertz CT molecular complexity index is 767. The molecule has 1 aliphatic heterocycles. The van der Waals surface area contributed by atoms with Crippen molar-refractivity contribution >= 4 is 39.8 Å². The monoisotopic (exact) mass is 390 g/mol. The molecule has 1 amide bonds. The molecule has 0 unspecified atom stereocenters. The number of rotatable bonds is 5. The van der Waals surface area contributed by atoms with Crippen LogP contribution in [0, 0.1) is 25.7 Å². The number of hydrogen-bond acceptors (Lipinski definition) is 6. The van der Waals surface area contributed by atoms with Crippen molar-refractivity contribution in [2.75, 3.05) is 24.2 Å². The molecule has 2 aromatic rings. The number of anilines is 2. The molecule has 0 aliphatic carbocycles. The molecule has 0 saturated carbocycles. The number of aromatic nitrogens is 2. The predicted octanol–water partition coefficient (Wildman–Crippen LogP) is 4.50. The average Bonchev–Trinajstić information content (AvgIpc) is 3.02. The number of thioether (sulfide) groups is 1. The Morgan fingerprint density at radius 3 is 2.69 bits per heavy atom. The first-order valence-corrected chi connectivity index (χ1v) is 10.8. The lowest BCUT2D eigenvalue weighted by molar-refractivity contribution is -0.130. The summed E-state index contributed by atoms with van der Waals surface area (Å²) in [5.41, 5.74) is 3.45. The SMILES string of the molecule is Cc1ccc(Nc2nnc(SCC(=O)N3C[C@H](C)C[C@@H](C)C3)s2)c(C)c1. The predicted molar refractivity (Wildman–Crippen MR) is 109 cm³/mol. The number of nitrogens with one attached hydrogen (secondary N) is 1. The number of piperidine rings is 1. The minimum absolute atomic E-state index is 0.201. The van der Waals surface area contributed by atoms with Gasteiger partial charge in [-0.1, -0.05) is 54.6 Å². The van der Waals surface area contributed by atoms with E-state index in [-0.39, 0.29) is 5.91 Å². The quantitative estimate of drug-likeness (QED) is 0.762. The second kappa shape index (κ2) is 8.39. The standard InChI is InChI=1S/C19H26N4OS2/c1-12-5-6-16(15(4)8-12)20-18-21-22-19(26-18)25-11-17(24)23-9-13(2)7-14(3)10-23/h5-6,8,13-14H,7,9-11H2,1-4H3,(H,20,21)/t13-,14-/m1/s1. The van der Waals surface area contributed by atoms with E-state index >= 15 is 0 Å². The van der Waals surface area contributed by atoms with Crippen molar-refractivity contribution in [1.29, 1.82) is 0 Å². The van der Waals surface area contributed by atoms with Crippen molar-refractivity contribution in [1.82, 2.24) is 15.1 Å². The Morgan fingerprint density at radius 1 is 1.27 bits per heavy atom. The van der Waals surface area contributed by atoms with Crippen molar-refractivity contribution in [3.63, 3.8) is 0 Å². The Morgan fingerprint density at radius 2 is 2.00 bits per heavy atom. The molecule has 140 valence electrons. The molecular weight excluding hydrogens is 364 g/mol. The number of aryl methyl sites for hydroxylation is 2. The van der Waals surface area contributed by atoms with Gasteiger partial charge in [-0.25, -0.2) is 0 Å². The normalized spacial score (nSPS) is 20.2. The molecule has 0 spiro atoms. The van der Waals surface area contributed by atoms with Crippen LogP contribution in [0.15, 0.2) is 22.5 Å². The largest absolute Gasteiger partial charge is 0.341 e. The molecule has 0 bridgehead atoms. The maximum Gasteiger partial charge on any atom is 0.233 e. The molecule has 0 radical (unpaired) electrons. The number of carbonyl (C=O) groups excluding carboxylic acids is 1. The first-order chi connectivity index (χ1) is 12.4. The Hall–Kier alpha value is -1.60. The highest BCUT2D eigenvalue weighted by molar-refractivity contribution is 8.01. The Labute approximate surface area is 163 Å². The van der Waals surface area contributed by atoms with Gasteiger partial charge in [0.15, 0.2) is 4.34 Å². The molecule has 7 heteroatoms. The Kier molecular flexibility index (Phi) is 6.19. The van der Waals surface area contributed by atoms with Crippen LogP contribution >= 0.6 is 23.1 Å². The lowest BCUT2D eigenvalue weighted by Gasteiger charge is -2.34. The second-order valence-electron chi connectivity index (χ2n) is 7.35. The molecule has 3 rings (SSSR count). The van der Waals surface area contributed by atoms with Gasteiger partial charge >= 0.3 is 0 Å². The van der Waals surface area contributed by atoms with Crippen LogP contribution in [-0.4, -0.2) is 39.8 Å². The number of nitrogens with zero attached hydrogens (tertiary/aromatic N) is 3. The highest BCUT2D eigenvalue weighted by atomic mass is 32.2. The van der Waals surface area contributed by atoms with E-state index in [4.69, 9.17) is 0 Å². The molecule has 1 N–H and O–H groups in total. The minimum Gasteiger partial charge on any atom is -0.341 e. The highest BCUT2D eigenvalue weighted by Crippen LogP contribution is 2.29. The number of amides is 1. The minimum atomic E-state index is 0.201. The molecule has 2 atom stereocenters. The van der Waals surface area contributed by atoms with E-state index in [9.17, 15) is 4.79 Å². The lowest BCUT2D eigenvalue weighted by atomic mass is 9.92. The van der Waals surface area contributed by atoms with Gasteiger partial charge in [0.1, 0.15) is 0 Å². The van der Waals surface area contributed by atoms with Crippen molar-refractivity contribution in [3.05, 3.63) is 29.3 Å². The van der Waals surface area contributed by atoms with Crippen LogP contribution in [0.25, 0.3) is 0 Å². The van der Waals surface area contributed by atoms with E-state index in [1.807, 2.05) is 4.90 Å². The van der Waals surface area contributed by atoms with Gasteiger partial charge in [0.05, 0.1) is 5.75 Å². The smallest absolute Gasteiger partial charge is 0.233 e. The summed E-state index contributed by atoms with van der Waals surface area (Å²) in [6.45, 7) is 10.3. The van der Waals surface area contributed by atoms with Gasteiger partial charge in [-0.3, -0.25) is 4.79 Å². The zero-order chi connectivity index (χ0) is 18.7. The van der Waals surface area contributed by atoms with Crippen LogP contribution in [0.1, 0.15) is 31.4 Å². The average molecular weight is 391 g/mol. The number of carbonyl (C=O) groups is 1. The van der Waals surface area contributed by atoms with E-state index in [1.165, 1.54) is 40.6 Å². The van der Waals surface area contributed by atoms with Gasteiger partial charge < -0.3 is 10.2 Å². The molecule has 1 aliphatic rings. The highest BCUT2D eigenvalue weighted by Gasteiger charge is 2.25. The summed E-state index contributed by atoms with van der Waals surface area (Å²) in [5, 5.41) is 12.5. The maximum absolute atomic E-state index is 12.5. The van der Waals surface area contributed by atoms with E-state index in [1.54, 1.807) is 0 Å². The van der Waals surface area contributed by atoms with Crippen LogP contribution in [0.5, 0.6) is 0 Å². The van der Waals surface area contributed by atoms with E-state index < -0.39 is 0 Å². The summed E-state index contributed by atoms with van der Waals surface area (Å²) >= 11 is 2.97. The fraction of sp³-hybridized carbons (Fsp3) is 0.526. The van der Waals surface area contributed by atoms with Crippen LogP contribution in [0.4, 0.5) is 10.8 Å². The Balaban J connectivity index is 1.54. The number of benzene rings is 1. The summed E-state index contributed by atoms with van der Waals surface area (Å²) in [5.74, 6) is 1.80. The molecule has 1 fully saturated rings. The van der Waals surface area contributed by atoms with Gasteiger partial charge in [0, 0.05) is 18.8 Å². The number of hydrogen-bond donors (Lipinski definition) is 1. The topological polar surface area (TPSA) is 58.1 Å².